The number of hydrogen-bond donors (Lipinski definition) is 0. The lowest BCUT2D eigenvalue weighted by Gasteiger charge is -2.38. The van der Waals surface area contributed by atoms with E-state index >= 15 is 0 Å². The molecule has 0 amide bonds. The van der Waals surface area contributed by atoms with Gasteiger partial charge in [0.2, 0.25) is 5.43 Å². The SMILES string of the molecule is CCOC(=O)c1cn([C@H](CO[Si](C)(C)C(C)(C)C)C(C)C)c2c(Cl)nc(Cc3cccc(Cl)c3F)cc2c1=O. The van der Waals surface area contributed by atoms with Crippen LogP contribution in [0.15, 0.2) is 35.3 Å². The number of carbonyl (C=O) groups is 1. The molecule has 0 N–H and O–H groups in total. The van der Waals surface area contributed by atoms with E-state index in [1.165, 1.54) is 12.3 Å². The van der Waals surface area contributed by atoms with Crippen LogP contribution in [-0.2, 0) is 15.6 Å². The number of ether oxygens (including phenoxy) is 1. The van der Waals surface area contributed by atoms with Crippen LogP contribution in [0.3, 0.4) is 0 Å². The van der Waals surface area contributed by atoms with Crippen molar-refractivity contribution in [3.05, 3.63) is 73.5 Å². The fourth-order valence-corrected chi connectivity index (χ4v) is 5.60. The quantitative estimate of drug-likeness (QED) is 0.143. The van der Waals surface area contributed by atoms with Gasteiger partial charge in [0.15, 0.2) is 13.5 Å². The molecule has 3 aromatic rings. The first kappa shape index (κ1) is 31.3. The van der Waals surface area contributed by atoms with Crippen LogP contribution < -0.4 is 5.43 Å². The van der Waals surface area contributed by atoms with E-state index in [2.05, 4.69) is 38.8 Å². The maximum Gasteiger partial charge on any atom is 0.343 e. The van der Waals surface area contributed by atoms with Crippen LogP contribution in [0, 0.1) is 11.7 Å². The number of aromatic nitrogens is 2. The second kappa shape index (κ2) is 12.1. The van der Waals surface area contributed by atoms with Crippen molar-refractivity contribution in [3.8, 4) is 0 Å². The fourth-order valence-electron chi connectivity index (χ4n) is 4.07. The van der Waals surface area contributed by atoms with Crippen LogP contribution >= 0.6 is 23.2 Å². The largest absolute Gasteiger partial charge is 0.462 e. The maximum atomic E-state index is 14.6. The van der Waals surface area contributed by atoms with Crippen LogP contribution in [-0.4, -0.2) is 37.1 Å². The minimum atomic E-state index is -2.11. The van der Waals surface area contributed by atoms with Gasteiger partial charge in [-0.2, -0.15) is 0 Å². The number of nitrogens with zero attached hydrogens (tertiary/aromatic N) is 2. The molecule has 0 bridgehead atoms. The van der Waals surface area contributed by atoms with Crippen molar-refractivity contribution in [1.82, 2.24) is 9.55 Å². The number of carbonyl (C=O) groups excluding carboxylic acids is 1. The molecule has 0 saturated heterocycles. The minimum absolute atomic E-state index is 0.0000565. The van der Waals surface area contributed by atoms with Crippen molar-refractivity contribution in [2.24, 2.45) is 5.92 Å². The third kappa shape index (κ3) is 6.73. The van der Waals surface area contributed by atoms with Gasteiger partial charge in [-0.3, -0.25) is 4.79 Å². The molecule has 0 aliphatic carbocycles. The van der Waals surface area contributed by atoms with E-state index in [9.17, 15) is 14.0 Å². The first-order valence-corrected chi connectivity index (χ1v) is 16.7. The first-order valence-electron chi connectivity index (χ1n) is 13.1. The second-order valence-corrected chi connectivity index (χ2v) is 17.1. The average Bonchev–Trinajstić information content (AvgIpc) is 2.82. The zero-order valence-electron chi connectivity index (χ0n) is 23.8. The molecule has 2 aromatic heterocycles. The molecule has 2 heterocycles. The van der Waals surface area contributed by atoms with Crippen LogP contribution in [0.4, 0.5) is 4.39 Å². The standard InChI is InChI=1S/C29H37Cl2FN2O4Si/c1-9-37-28(36)21-15-34(23(17(2)3)16-38-39(7,8)29(4,5)6)25-20(26(21)35)14-19(33-27(25)31)13-18-11-10-12-22(30)24(18)32/h10-12,14-15,17,23H,9,13,16H2,1-8H3/t23-/m1/s1. The zero-order chi connectivity index (χ0) is 29.3. The summed E-state index contributed by atoms with van der Waals surface area (Å²) in [6, 6.07) is 6.01. The monoisotopic (exact) mass is 594 g/mol. The van der Waals surface area contributed by atoms with Crippen LogP contribution in [0.25, 0.3) is 10.9 Å². The summed E-state index contributed by atoms with van der Waals surface area (Å²) in [4.78, 5) is 31.0. The van der Waals surface area contributed by atoms with Crippen molar-refractivity contribution >= 4 is 48.4 Å². The zero-order valence-corrected chi connectivity index (χ0v) is 26.3. The number of benzene rings is 1. The van der Waals surface area contributed by atoms with E-state index in [1.807, 2.05) is 18.4 Å². The molecule has 1 atom stereocenters. The molecule has 0 radical (unpaired) electrons. The normalized spacial score (nSPS) is 13.2. The molecular formula is C29H37Cl2FN2O4Si. The second-order valence-electron chi connectivity index (χ2n) is 11.6. The summed E-state index contributed by atoms with van der Waals surface area (Å²) in [7, 11) is -2.11. The Morgan fingerprint density at radius 2 is 1.87 bits per heavy atom. The van der Waals surface area contributed by atoms with Crippen molar-refractivity contribution in [1.29, 1.82) is 0 Å². The summed E-state index contributed by atoms with van der Waals surface area (Å²) < 4.78 is 28.2. The van der Waals surface area contributed by atoms with E-state index in [1.54, 1.807) is 25.1 Å². The highest BCUT2D eigenvalue weighted by Gasteiger charge is 2.38. The molecule has 0 unspecified atom stereocenters. The lowest BCUT2D eigenvalue weighted by atomic mass is 10.0. The van der Waals surface area contributed by atoms with Gasteiger partial charge in [-0.15, -0.1) is 0 Å². The Kier molecular flexibility index (Phi) is 9.69. The predicted octanol–water partition coefficient (Wildman–Crippen LogP) is 7.83. The van der Waals surface area contributed by atoms with Crippen molar-refractivity contribution in [3.63, 3.8) is 0 Å². The minimum Gasteiger partial charge on any atom is -0.462 e. The summed E-state index contributed by atoms with van der Waals surface area (Å²) in [5, 5.41) is 0.277. The predicted molar refractivity (Wildman–Crippen MR) is 158 cm³/mol. The molecule has 1 aromatic carbocycles. The number of rotatable bonds is 9. The van der Waals surface area contributed by atoms with Gasteiger partial charge >= 0.3 is 5.97 Å². The summed E-state index contributed by atoms with van der Waals surface area (Å²) in [6.45, 7) is 17.1. The summed E-state index contributed by atoms with van der Waals surface area (Å²) in [5.41, 5.74) is 0.448. The van der Waals surface area contributed by atoms with E-state index in [-0.39, 0.29) is 51.2 Å². The highest BCUT2D eigenvalue weighted by atomic mass is 35.5. The number of fused-ring (bicyclic) bond motifs is 1. The maximum absolute atomic E-state index is 14.6. The third-order valence-corrected chi connectivity index (χ3v) is 12.5. The lowest BCUT2D eigenvalue weighted by Crippen LogP contribution is -2.42. The van der Waals surface area contributed by atoms with Crippen LogP contribution in [0.5, 0.6) is 0 Å². The van der Waals surface area contributed by atoms with E-state index < -0.39 is 25.5 Å². The summed E-state index contributed by atoms with van der Waals surface area (Å²) in [5.74, 6) is -1.22. The number of pyridine rings is 2. The molecule has 0 aliphatic rings. The van der Waals surface area contributed by atoms with Gasteiger partial charge in [0.05, 0.1) is 35.2 Å². The average molecular weight is 596 g/mol. The summed E-state index contributed by atoms with van der Waals surface area (Å²) >= 11 is 12.7. The molecule has 0 spiro atoms. The first-order chi connectivity index (χ1) is 18.1. The van der Waals surface area contributed by atoms with Gasteiger partial charge in [0.25, 0.3) is 0 Å². The van der Waals surface area contributed by atoms with Crippen molar-refractivity contribution in [2.45, 2.75) is 72.1 Å². The topological polar surface area (TPSA) is 70.4 Å². The Balaban J connectivity index is 2.24. The van der Waals surface area contributed by atoms with Gasteiger partial charge in [-0.05, 0) is 48.7 Å². The Hall–Kier alpha value is -2.26. The van der Waals surface area contributed by atoms with Gasteiger partial charge in [0.1, 0.15) is 11.4 Å². The summed E-state index contributed by atoms with van der Waals surface area (Å²) in [6.07, 6.45) is 1.57. The molecule has 0 fully saturated rings. The Morgan fingerprint density at radius 3 is 2.46 bits per heavy atom. The smallest absolute Gasteiger partial charge is 0.343 e. The Labute approximate surface area is 240 Å². The van der Waals surface area contributed by atoms with Crippen LogP contribution in [0.2, 0.25) is 28.3 Å². The Morgan fingerprint density at radius 1 is 1.21 bits per heavy atom. The Bertz CT molecular complexity index is 1430. The fraction of sp³-hybridized carbons (Fsp3) is 0.483. The van der Waals surface area contributed by atoms with Gasteiger partial charge in [-0.1, -0.05) is 70.0 Å². The number of halogens is 3. The van der Waals surface area contributed by atoms with Gasteiger partial charge < -0.3 is 13.7 Å². The molecule has 10 heteroatoms. The highest BCUT2D eigenvalue weighted by molar-refractivity contribution is 6.74. The third-order valence-electron chi connectivity index (χ3n) is 7.47. The molecule has 6 nitrogen and oxygen atoms in total. The molecule has 39 heavy (non-hydrogen) atoms. The lowest BCUT2D eigenvalue weighted by molar-refractivity contribution is 0.0523. The molecule has 0 aliphatic heterocycles. The number of hydrogen-bond acceptors (Lipinski definition) is 5. The molecular weight excluding hydrogens is 558 g/mol. The van der Waals surface area contributed by atoms with Crippen molar-refractivity contribution in [2.75, 3.05) is 13.2 Å². The number of esters is 1. The van der Waals surface area contributed by atoms with Gasteiger partial charge in [0, 0.05) is 18.3 Å². The van der Waals surface area contributed by atoms with E-state index in [0.717, 1.165) is 0 Å². The highest BCUT2D eigenvalue weighted by Crippen LogP contribution is 2.38. The molecule has 212 valence electrons. The van der Waals surface area contributed by atoms with E-state index in [4.69, 9.17) is 32.4 Å². The van der Waals surface area contributed by atoms with Crippen LogP contribution in [0.1, 0.15) is 69.2 Å². The van der Waals surface area contributed by atoms with Gasteiger partial charge in [-0.25, -0.2) is 14.2 Å². The molecule has 3 rings (SSSR count). The molecule has 0 saturated carbocycles. The van der Waals surface area contributed by atoms with Crippen molar-refractivity contribution < 1.29 is 18.3 Å². The van der Waals surface area contributed by atoms with E-state index in [0.29, 0.717) is 23.4 Å².